The van der Waals surface area contributed by atoms with Crippen LogP contribution >= 0.6 is 34.7 Å². The quantitative estimate of drug-likeness (QED) is 0.333. The molecular formula is C19H16ClN3OS2. The summed E-state index contributed by atoms with van der Waals surface area (Å²) in [6.45, 7) is 3.99. The van der Waals surface area contributed by atoms with Gasteiger partial charge in [-0.05, 0) is 44.2 Å². The molecule has 0 N–H and O–H groups in total. The van der Waals surface area contributed by atoms with Crippen LogP contribution in [0.5, 0.6) is 0 Å². The van der Waals surface area contributed by atoms with Crippen LogP contribution in [0.25, 0.3) is 21.1 Å². The highest BCUT2D eigenvalue weighted by molar-refractivity contribution is 7.98. The summed E-state index contributed by atoms with van der Waals surface area (Å²) < 4.78 is 2.91. The molecule has 132 valence electrons. The van der Waals surface area contributed by atoms with E-state index in [2.05, 4.69) is 11.1 Å². The maximum atomic E-state index is 12.9. The van der Waals surface area contributed by atoms with E-state index in [0.717, 1.165) is 10.5 Å². The van der Waals surface area contributed by atoms with Gasteiger partial charge in [0.2, 0.25) is 0 Å². The lowest BCUT2D eigenvalue weighted by molar-refractivity contribution is 0.519. The smallest absolute Gasteiger partial charge is 0.262 e. The number of benzene rings is 2. The van der Waals surface area contributed by atoms with Crippen molar-refractivity contribution in [2.75, 3.05) is 0 Å². The van der Waals surface area contributed by atoms with Gasteiger partial charge in [-0.15, -0.1) is 11.3 Å². The standard InChI is InChI=1S/C19H16ClN3OS2/c1-11(2)23-18(24)13-8-7-12(20)9-15(13)22-19(23)25-10-17-21-14-5-3-4-6-16(14)26-17/h3-9,11H,10H2,1-2H3. The lowest BCUT2D eigenvalue weighted by Crippen LogP contribution is -2.25. The first-order valence-corrected chi connectivity index (χ1v) is 10.4. The number of hydrogen-bond donors (Lipinski definition) is 0. The molecule has 2 aromatic carbocycles. The molecule has 2 aromatic heterocycles. The molecule has 0 fully saturated rings. The SMILES string of the molecule is CC(C)n1c(SCc2nc3ccccc3s2)nc2cc(Cl)ccc2c1=O. The van der Waals surface area contributed by atoms with Gasteiger partial charge in [-0.25, -0.2) is 9.97 Å². The highest BCUT2D eigenvalue weighted by Crippen LogP contribution is 2.29. The summed E-state index contributed by atoms with van der Waals surface area (Å²) in [7, 11) is 0. The summed E-state index contributed by atoms with van der Waals surface area (Å²) in [6.07, 6.45) is 0. The Morgan fingerprint density at radius 3 is 2.73 bits per heavy atom. The molecule has 0 saturated heterocycles. The van der Waals surface area contributed by atoms with Gasteiger partial charge in [0.1, 0.15) is 5.01 Å². The van der Waals surface area contributed by atoms with E-state index in [-0.39, 0.29) is 11.6 Å². The average molecular weight is 402 g/mol. The van der Waals surface area contributed by atoms with Gasteiger partial charge in [0, 0.05) is 11.1 Å². The first-order valence-electron chi connectivity index (χ1n) is 8.22. The van der Waals surface area contributed by atoms with Crippen molar-refractivity contribution in [3.63, 3.8) is 0 Å². The zero-order valence-electron chi connectivity index (χ0n) is 14.3. The van der Waals surface area contributed by atoms with Crippen molar-refractivity contribution in [3.8, 4) is 0 Å². The minimum atomic E-state index is -0.0338. The highest BCUT2D eigenvalue weighted by atomic mass is 35.5. The fraction of sp³-hybridized carbons (Fsp3) is 0.211. The monoisotopic (exact) mass is 401 g/mol. The van der Waals surface area contributed by atoms with Crippen LogP contribution in [0.4, 0.5) is 0 Å². The number of thiazole rings is 1. The fourth-order valence-corrected chi connectivity index (χ4v) is 5.07. The van der Waals surface area contributed by atoms with Crippen molar-refractivity contribution in [2.24, 2.45) is 0 Å². The van der Waals surface area contributed by atoms with E-state index in [9.17, 15) is 4.79 Å². The van der Waals surface area contributed by atoms with E-state index >= 15 is 0 Å². The summed E-state index contributed by atoms with van der Waals surface area (Å²) in [4.78, 5) is 22.3. The number of aromatic nitrogens is 3. The Balaban J connectivity index is 1.74. The molecule has 4 rings (SSSR count). The summed E-state index contributed by atoms with van der Waals surface area (Å²) in [5.41, 5.74) is 1.60. The molecule has 0 radical (unpaired) electrons. The minimum Gasteiger partial charge on any atom is -0.285 e. The summed E-state index contributed by atoms with van der Waals surface area (Å²) in [5, 5.41) is 2.88. The number of nitrogens with zero attached hydrogens (tertiary/aromatic N) is 3. The molecule has 0 spiro atoms. The summed E-state index contributed by atoms with van der Waals surface area (Å²) in [6, 6.07) is 13.3. The second-order valence-corrected chi connectivity index (χ2v) is 8.68. The molecule has 0 atom stereocenters. The summed E-state index contributed by atoms with van der Waals surface area (Å²) >= 11 is 9.29. The molecule has 26 heavy (non-hydrogen) atoms. The third-order valence-electron chi connectivity index (χ3n) is 4.01. The van der Waals surface area contributed by atoms with Gasteiger partial charge in [-0.3, -0.25) is 9.36 Å². The van der Waals surface area contributed by atoms with Gasteiger partial charge in [0.05, 0.1) is 26.9 Å². The second-order valence-electron chi connectivity index (χ2n) is 6.19. The zero-order valence-corrected chi connectivity index (χ0v) is 16.7. The number of hydrogen-bond acceptors (Lipinski definition) is 5. The van der Waals surface area contributed by atoms with Crippen LogP contribution < -0.4 is 5.56 Å². The van der Waals surface area contributed by atoms with E-state index in [4.69, 9.17) is 16.6 Å². The Labute approximate surface area is 163 Å². The third kappa shape index (κ3) is 3.24. The summed E-state index contributed by atoms with van der Waals surface area (Å²) in [5.74, 6) is 0.671. The van der Waals surface area contributed by atoms with Crippen LogP contribution in [-0.2, 0) is 5.75 Å². The molecule has 7 heteroatoms. The van der Waals surface area contributed by atoms with E-state index in [1.807, 2.05) is 32.0 Å². The van der Waals surface area contributed by atoms with Crippen molar-refractivity contribution in [2.45, 2.75) is 30.8 Å². The fourth-order valence-electron chi connectivity index (χ4n) is 2.82. The maximum Gasteiger partial charge on any atom is 0.262 e. The van der Waals surface area contributed by atoms with Crippen molar-refractivity contribution < 1.29 is 0 Å². The van der Waals surface area contributed by atoms with E-state index in [1.54, 1.807) is 34.1 Å². The van der Waals surface area contributed by atoms with Crippen LogP contribution in [0.15, 0.2) is 52.4 Å². The Hall–Kier alpha value is -1.89. The molecule has 0 bridgehead atoms. The lowest BCUT2D eigenvalue weighted by atomic mass is 10.2. The Morgan fingerprint density at radius 2 is 1.96 bits per heavy atom. The van der Waals surface area contributed by atoms with Crippen molar-refractivity contribution in [3.05, 3.63) is 62.8 Å². The Morgan fingerprint density at radius 1 is 1.15 bits per heavy atom. The Kier molecular flexibility index (Phi) is 4.73. The van der Waals surface area contributed by atoms with Crippen molar-refractivity contribution >= 4 is 55.8 Å². The molecule has 0 unspecified atom stereocenters. The first kappa shape index (κ1) is 17.5. The van der Waals surface area contributed by atoms with E-state index < -0.39 is 0 Å². The number of thioether (sulfide) groups is 1. The van der Waals surface area contributed by atoms with Crippen LogP contribution in [0.2, 0.25) is 5.02 Å². The predicted molar refractivity (Wildman–Crippen MR) is 111 cm³/mol. The molecule has 4 aromatic rings. The molecule has 0 aliphatic carbocycles. The van der Waals surface area contributed by atoms with E-state index in [0.29, 0.717) is 26.8 Å². The number of fused-ring (bicyclic) bond motifs is 2. The van der Waals surface area contributed by atoms with E-state index in [1.165, 1.54) is 16.5 Å². The molecule has 0 aliphatic rings. The molecule has 0 aliphatic heterocycles. The van der Waals surface area contributed by atoms with Crippen LogP contribution in [0, 0.1) is 0 Å². The highest BCUT2D eigenvalue weighted by Gasteiger charge is 2.15. The molecule has 4 nitrogen and oxygen atoms in total. The van der Waals surface area contributed by atoms with Gasteiger partial charge >= 0.3 is 0 Å². The minimum absolute atomic E-state index is 0.0212. The third-order valence-corrected chi connectivity index (χ3v) is 6.43. The van der Waals surface area contributed by atoms with Gasteiger partial charge in [0.25, 0.3) is 5.56 Å². The van der Waals surface area contributed by atoms with Gasteiger partial charge in [-0.2, -0.15) is 0 Å². The first-order chi connectivity index (χ1) is 12.5. The average Bonchev–Trinajstić information content (AvgIpc) is 3.02. The van der Waals surface area contributed by atoms with Crippen molar-refractivity contribution in [1.29, 1.82) is 0 Å². The molecule has 0 amide bonds. The number of para-hydroxylation sites is 1. The van der Waals surface area contributed by atoms with Crippen LogP contribution in [0.3, 0.4) is 0 Å². The molecule has 2 heterocycles. The number of rotatable bonds is 4. The predicted octanol–water partition coefficient (Wildman–Crippen LogP) is 5.53. The zero-order chi connectivity index (χ0) is 18.3. The van der Waals surface area contributed by atoms with Crippen LogP contribution in [-0.4, -0.2) is 14.5 Å². The lowest BCUT2D eigenvalue weighted by Gasteiger charge is -2.15. The molecule has 0 saturated carbocycles. The van der Waals surface area contributed by atoms with Gasteiger partial charge in [0.15, 0.2) is 5.16 Å². The maximum absolute atomic E-state index is 12.9. The van der Waals surface area contributed by atoms with Crippen LogP contribution in [0.1, 0.15) is 24.9 Å². The second kappa shape index (κ2) is 7.02. The largest absolute Gasteiger partial charge is 0.285 e. The topological polar surface area (TPSA) is 47.8 Å². The van der Waals surface area contributed by atoms with Gasteiger partial charge < -0.3 is 0 Å². The Bertz CT molecular complexity index is 1130. The number of halogens is 1. The molecular weight excluding hydrogens is 386 g/mol. The van der Waals surface area contributed by atoms with Crippen molar-refractivity contribution in [1.82, 2.24) is 14.5 Å². The normalized spacial score (nSPS) is 11.7. The van der Waals surface area contributed by atoms with Gasteiger partial charge in [-0.1, -0.05) is 35.5 Å².